The van der Waals surface area contributed by atoms with Crippen molar-refractivity contribution in [1.82, 2.24) is 4.98 Å². The predicted molar refractivity (Wildman–Crippen MR) is 118 cm³/mol. The Hall–Kier alpha value is -2.93. The summed E-state index contributed by atoms with van der Waals surface area (Å²) in [6, 6.07) is 10.6. The highest BCUT2D eigenvalue weighted by Gasteiger charge is 2.42. The number of hydrogen-bond acceptors (Lipinski definition) is 3. The number of alkyl halides is 2. The maximum atomic E-state index is 13.1. The van der Waals surface area contributed by atoms with Gasteiger partial charge in [-0.3, -0.25) is 0 Å². The van der Waals surface area contributed by atoms with Gasteiger partial charge in [0.05, 0.1) is 16.7 Å². The van der Waals surface area contributed by atoms with Crippen molar-refractivity contribution < 1.29 is 28.2 Å². The molecule has 1 fully saturated rings. The number of nitrogens with one attached hydrogen (secondary N) is 1. The summed E-state index contributed by atoms with van der Waals surface area (Å²) in [4.78, 5) is 14.5. The first-order chi connectivity index (χ1) is 15.2. The van der Waals surface area contributed by atoms with Gasteiger partial charge in [-0.25, -0.2) is 4.79 Å². The second kappa shape index (κ2) is 8.54. The summed E-state index contributed by atoms with van der Waals surface area (Å²) in [6.45, 7) is 2.88. The summed E-state index contributed by atoms with van der Waals surface area (Å²) in [5, 5.41) is 10.2. The number of rotatable bonds is 6. The van der Waals surface area contributed by atoms with Crippen molar-refractivity contribution >= 4 is 16.9 Å². The van der Waals surface area contributed by atoms with E-state index >= 15 is 0 Å². The molecule has 1 aliphatic rings. The van der Waals surface area contributed by atoms with Crippen LogP contribution in [0.1, 0.15) is 59.2 Å². The van der Waals surface area contributed by atoms with E-state index in [0.717, 1.165) is 33.3 Å². The van der Waals surface area contributed by atoms with E-state index < -0.39 is 18.2 Å². The number of aromatic nitrogens is 1. The van der Waals surface area contributed by atoms with Gasteiger partial charge in [0.25, 0.3) is 0 Å². The molecule has 170 valence electrons. The molecule has 7 heteroatoms. The van der Waals surface area contributed by atoms with E-state index in [4.69, 9.17) is 9.47 Å². The first-order valence-corrected chi connectivity index (χ1v) is 10.7. The molecule has 1 aromatic heterocycles. The third-order valence-electron chi connectivity index (χ3n) is 6.46. The second-order valence-electron chi connectivity index (χ2n) is 8.87. The average Bonchev–Trinajstić information content (AvgIpc) is 3.22. The molecule has 1 aliphatic carbocycles. The minimum absolute atomic E-state index is 0.178. The van der Waals surface area contributed by atoms with Crippen molar-refractivity contribution in [2.24, 2.45) is 0 Å². The molecule has 0 aliphatic heterocycles. The molecule has 3 atom stereocenters. The van der Waals surface area contributed by atoms with Crippen LogP contribution in [0.2, 0.25) is 0 Å². The highest BCUT2D eigenvalue weighted by Crippen LogP contribution is 2.44. The lowest BCUT2D eigenvalue weighted by Crippen LogP contribution is -2.43. The maximum Gasteiger partial charge on any atom is 0.345 e. The quantitative estimate of drug-likeness (QED) is 0.476. The molecule has 5 nitrogen and oxygen atoms in total. The summed E-state index contributed by atoms with van der Waals surface area (Å²) in [5.41, 5.74) is 3.17. The SMILES string of the molecule is Cc1cc(C)c2[nH]ccc2c1O[C@@H]1CC[C@](C)(OC(F)F)CC1c1ccc(C(=O)O)cc1. The Balaban J connectivity index is 1.70. The molecule has 0 saturated heterocycles. The number of H-pyrrole nitrogens is 1. The topological polar surface area (TPSA) is 71.5 Å². The fourth-order valence-electron chi connectivity index (χ4n) is 4.88. The number of aromatic amines is 1. The van der Waals surface area contributed by atoms with Gasteiger partial charge in [0.2, 0.25) is 0 Å². The van der Waals surface area contributed by atoms with Crippen molar-refractivity contribution in [1.29, 1.82) is 0 Å². The number of carbonyl (C=O) groups is 1. The smallest absolute Gasteiger partial charge is 0.345 e. The molecule has 0 radical (unpaired) electrons. The maximum absolute atomic E-state index is 13.1. The van der Waals surface area contributed by atoms with Gasteiger partial charge in [0, 0.05) is 17.5 Å². The lowest BCUT2D eigenvalue weighted by molar-refractivity contribution is -0.218. The molecule has 3 aromatic rings. The molecule has 2 aromatic carbocycles. The van der Waals surface area contributed by atoms with Crippen LogP contribution in [-0.2, 0) is 4.74 Å². The van der Waals surface area contributed by atoms with Gasteiger partial charge in [-0.05, 0) is 74.9 Å². The molecule has 1 saturated carbocycles. The standard InChI is InChI=1S/C25H27F2NO4/c1-14-12-15(2)22(18-9-11-28-21(14)18)31-20-8-10-25(3,32-24(26)27)13-19(20)16-4-6-17(7-5-16)23(29)30/h4-7,9,11-12,19-20,24,28H,8,10,13H2,1-3H3,(H,29,30)/t19?,20-,25+/m1/s1. The van der Waals surface area contributed by atoms with E-state index in [2.05, 4.69) is 11.1 Å². The molecule has 0 spiro atoms. The van der Waals surface area contributed by atoms with Gasteiger partial charge in [0.15, 0.2) is 0 Å². The van der Waals surface area contributed by atoms with Crippen LogP contribution in [-0.4, -0.2) is 34.4 Å². The third-order valence-corrected chi connectivity index (χ3v) is 6.46. The van der Waals surface area contributed by atoms with Gasteiger partial charge in [-0.15, -0.1) is 0 Å². The minimum atomic E-state index is -2.86. The number of halogens is 2. The Labute approximate surface area is 185 Å². The van der Waals surface area contributed by atoms with Gasteiger partial charge in [-0.2, -0.15) is 8.78 Å². The zero-order valence-corrected chi connectivity index (χ0v) is 18.3. The number of benzene rings is 2. The number of ether oxygens (including phenoxy) is 2. The van der Waals surface area contributed by atoms with E-state index in [1.807, 2.05) is 26.1 Å². The summed E-state index contributed by atoms with van der Waals surface area (Å²) < 4.78 is 37.8. The van der Waals surface area contributed by atoms with Crippen molar-refractivity contribution in [3.8, 4) is 5.75 Å². The van der Waals surface area contributed by atoms with Crippen LogP contribution in [0.25, 0.3) is 10.9 Å². The second-order valence-corrected chi connectivity index (χ2v) is 8.87. The first-order valence-electron chi connectivity index (χ1n) is 10.7. The average molecular weight is 443 g/mol. The predicted octanol–water partition coefficient (Wildman–Crippen LogP) is 6.20. The Morgan fingerprint density at radius 2 is 1.91 bits per heavy atom. The molecule has 0 amide bonds. The number of fused-ring (bicyclic) bond motifs is 1. The molecule has 2 N–H and O–H groups in total. The summed E-state index contributed by atoms with van der Waals surface area (Å²) in [6.07, 6.45) is 2.93. The monoisotopic (exact) mass is 443 g/mol. The van der Waals surface area contributed by atoms with Gasteiger partial charge in [0.1, 0.15) is 11.9 Å². The fraction of sp³-hybridized carbons (Fsp3) is 0.400. The first kappa shape index (κ1) is 22.3. The van der Waals surface area contributed by atoms with Gasteiger partial charge < -0.3 is 19.6 Å². The highest BCUT2D eigenvalue weighted by atomic mass is 19.3. The Morgan fingerprint density at radius 1 is 1.19 bits per heavy atom. The molecule has 1 heterocycles. The number of aromatic carboxylic acids is 1. The van der Waals surface area contributed by atoms with Crippen LogP contribution in [0.3, 0.4) is 0 Å². The zero-order chi connectivity index (χ0) is 23.0. The lowest BCUT2D eigenvalue weighted by atomic mass is 9.74. The van der Waals surface area contributed by atoms with Crippen LogP contribution < -0.4 is 4.74 Å². The van der Waals surface area contributed by atoms with Crippen molar-refractivity contribution in [2.75, 3.05) is 0 Å². The number of aryl methyl sites for hydroxylation is 2. The Bertz CT molecular complexity index is 1120. The van der Waals surface area contributed by atoms with Crippen LogP contribution in [0.5, 0.6) is 5.75 Å². The van der Waals surface area contributed by atoms with Crippen LogP contribution in [0.4, 0.5) is 8.78 Å². The highest BCUT2D eigenvalue weighted by molar-refractivity contribution is 5.90. The lowest BCUT2D eigenvalue weighted by Gasteiger charge is -2.42. The molecule has 1 unspecified atom stereocenters. The molecule has 32 heavy (non-hydrogen) atoms. The summed E-state index contributed by atoms with van der Waals surface area (Å²) in [7, 11) is 0. The Morgan fingerprint density at radius 3 is 2.56 bits per heavy atom. The normalized spacial score (nSPS) is 23.6. The van der Waals surface area contributed by atoms with Gasteiger partial charge in [-0.1, -0.05) is 18.2 Å². The van der Waals surface area contributed by atoms with Crippen molar-refractivity contribution in [3.05, 3.63) is 64.8 Å². The Kier molecular flexibility index (Phi) is 5.95. The van der Waals surface area contributed by atoms with Crippen molar-refractivity contribution in [3.63, 3.8) is 0 Å². The third kappa shape index (κ3) is 4.35. The molecular weight excluding hydrogens is 416 g/mol. The van der Waals surface area contributed by atoms with Crippen LogP contribution >= 0.6 is 0 Å². The molecule has 4 rings (SSSR count). The zero-order valence-electron chi connectivity index (χ0n) is 18.3. The minimum Gasteiger partial charge on any atom is -0.489 e. The largest absolute Gasteiger partial charge is 0.489 e. The van der Waals surface area contributed by atoms with E-state index in [1.54, 1.807) is 19.1 Å². The number of carboxylic acid groups (broad SMARTS) is 1. The molecular formula is C25H27F2NO4. The van der Waals surface area contributed by atoms with Gasteiger partial charge >= 0.3 is 12.6 Å². The van der Waals surface area contributed by atoms with Crippen LogP contribution in [0, 0.1) is 13.8 Å². The van der Waals surface area contributed by atoms with E-state index in [1.165, 1.54) is 12.1 Å². The molecule has 0 bridgehead atoms. The van der Waals surface area contributed by atoms with E-state index in [9.17, 15) is 18.7 Å². The van der Waals surface area contributed by atoms with Crippen LogP contribution in [0.15, 0.2) is 42.6 Å². The fourth-order valence-corrected chi connectivity index (χ4v) is 4.88. The van der Waals surface area contributed by atoms with E-state index in [0.29, 0.717) is 19.3 Å². The number of carboxylic acids is 1. The van der Waals surface area contributed by atoms with E-state index in [-0.39, 0.29) is 17.6 Å². The summed E-state index contributed by atoms with van der Waals surface area (Å²) in [5.74, 6) is -0.462. The summed E-state index contributed by atoms with van der Waals surface area (Å²) >= 11 is 0. The van der Waals surface area contributed by atoms with Crippen molar-refractivity contribution in [2.45, 2.75) is 64.3 Å². The number of hydrogen-bond donors (Lipinski definition) is 2.